The molecule has 0 saturated carbocycles. The standard InChI is InChI=1S/C28H26N6O/c1-4-10-20(17-30-5-2)18-33(3)27-23-12-7-8-13-24(23)31-26(32-27)19-34-25-14-9-6-11-21(25)15-22(16-29)28(34)35/h4,6-15,17H,1,5,18-19H2,2-3H3. The van der Waals surface area contributed by atoms with Gasteiger partial charge in [-0.1, -0.05) is 49.1 Å². The highest BCUT2D eigenvalue weighted by molar-refractivity contribution is 5.90. The number of aliphatic imine (C=N–C) groups is 1. The van der Waals surface area contributed by atoms with E-state index in [9.17, 15) is 10.1 Å². The minimum Gasteiger partial charge on any atom is -0.355 e. The molecule has 7 heteroatoms. The van der Waals surface area contributed by atoms with E-state index < -0.39 is 0 Å². The zero-order chi connectivity index (χ0) is 24.8. The molecule has 0 saturated heterocycles. The Morgan fingerprint density at radius 2 is 1.97 bits per heavy atom. The first kappa shape index (κ1) is 23.6. The second-order valence-electron chi connectivity index (χ2n) is 8.06. The average molecular weight is 463 g/mol. The Morgan fingerprint density at radius 1 is 1.20 bits per heavy atom. The molecule has 0 aliphatic heterocycles. The number of aromatic nitrogens is 3. The topological polar surface area (TPSA) is 87.2 Å². The minimum absolute atomic E-state index is 0.0937. The first-order valence-corrected chi connectivity index (χ1v) is 11.4. The van der Waals surface area contributed by atoms with Gasteiger partial charge < -0.3 is 4.90 Å². The fourth-order valence-corrected chi connectivity index (χ4v) is 4.02. The number of rotatable bonds is 8. The predicted molar refractivity (Wildman–Crippen MR) is 142 cm³/mol. The molecule has 2 aromatic carbocycles. The van der Waals surface area contributed by atoms with Crippen LogP contribution < -0.4 is 10.5 Å². The van der Waals surface area contributed by atoms with Crippen molar-refractivity contribution >= 4 is 33.8 Å². The number of fused-ring (bicyclic) bond motifs is 2. The highest BCUT2D eigenvalue weighted by Gasteiger charge is 2.15. The summed E-state index contributed by atoms with van der Waals surface area (Å²) in [4.78, 5) is 29.1. The van der Waals surface area contributed by atoms with Crippen LogP contribution in [-0.2, 0) is 6.54 Å². The summed E-state index contributed by atoms with van der Waals surface area (Å²) in [6, 6.07) is 18.9. The van der Waals surface area contributed by atoms with Gasteiger partial charge in [0.25, 0.3) is 5.56 Å². The average Bonchev–Trinajstić information content (AvgIpc) is 2.88. The molecule has 0 aliphatic rings. The lowest BCUT2D eigenvalue weighted by Gasteiger charge is -2.21. The molecule has 0 radical (unpaired) electrons. The maximum atomic E-state index is 13.1. The van der Waals surface area contributed by atoms with E-state index in [1.807, 2.05) is 85.8 Å². The number of hydrogen-bond donors (Lipinski definition) is 0. The molecule has 174 valence electrons. The van der Waals surface area contributed by atoms with Gasteiger partial charge in [-0.05, 0) is 42.1 Å². The van der Waals surface area contributed by atoms with Crippen LogP contribution in [0.25, 0.3) is 21.8 Å². The van der Waals surface area contributed by atoms with Gasteiger partial charge in [0.05, 0.1) is 17.6 Å². The molecule has 35 heavy (non-hydrogen) atoms. The van der Waals surface area contributed by atoms with Crippen molar-refractivity contribution in [1.29, 1.82) is 5.26 Å². The number of anilines is 1. The molecule has 0 N–H and O–H groups in total. The highest BCUT2D eigenvalue weighted by Crippen LogP contribution is 2.24. The Labute approximate surface area is 204 Å². The second kappa shape index (κ2) is 10.6. The predicted octanol–water partition coefficient (Wildman–Crippen LogP) is 4.50. The number of hydrogen-bond acceptors (Lipinski definition) is 6. The largest absolute Gasteiger partial charge is 0.355 e. The number of allylic oxidation sites excluding steroid dienone is 2. The Bertz CT molecular complexity index is 1560. The van der Waals surface area contributed by atoms with Crippen molar-refractivity contribution < 1.29 is 0 Å². The molecule has 0 unspecified atom stereocenters. The van der Waals surface area contributed by atoms with Gasteiger partial charge in [-0.25, -0.2) is 9.97 Å². The van der Waals surface area contributed by atoms with E-state index in [1.54, 1.807) is 16.7 Å². The molecule has 0 atom stereocenters. The molecule has 0 spiro atoms. The van der Waals surface area contributed by atoms with Gasteiger partial charge in [0, 0.05) is 31.7 Å². The number of pyridine rings is 1. The summed E-state index contributed by atoms with van der Waals surface area (Å²) in [5.41, 5.74) is 2.25. The fraction of sp³-hybridized carbons (Fsp3) is 0.179. The fourth-order valence-electron chi connectivity index (χ4n) is 4.02. The molecule has 7 nitrogen and oxygen atoms in total. The number of nitriles is 1. The monoisotopic (exact) mass is 462 g/mol. The van der Waals surface area contributed by atoms with Gasteiger partial charge in [0.15, 0.2) is 5.82 Å². The smallest absolute Gasteiger partial charge is 0.269 e. The van der Waals surface area contributed by atoms with Crippen molar-refractivity contribution in [3.63, 3.8) is 0 Å². The SMILES string of the molecule is C=CC=C(C=NCC)CN(C)c1nc(Cn2c(=O)c(C#N)cc3ccccc32)nc2ccccc12. The quantitative estimate of drug-likeness (QED) is 0.284. The number of benzene rings is 2. The Hall–Kier alpha value is -4.57. The molecule has 0 fully saturated rings. The van der Waals surface area contributed by atoms with Gasteiger partial charge in [-0.3, -0.25) is 14.4 Å². The molecule has 0 bridgehead atoms. The first-order chi connectivity index (χ1) is 17.0. The van der Waals surface area contributed by atoms with E-state index in [0.29, 0.717) is 18.9 Å². The molecular weight excluding hydrogens is 436 g/mol. The normalized spacial score (nSPS) is 11.7. The third-order valence-corrected chi connectivity index (χ3v) is 5.61. The Balaban J connectivity index is 1.82. The van der Waals surface area contributed by atoms with Crippen LogP contribution in [0.1, 0.15) is 18.3 Å². The van der Waals surface area contributed by atoms with Gasteiger partial charge in [0.1, 0.15) is 17.5 Å². The van der Waals surface area contributed by atoms with Crippen LogP contribution in [0, 0.1) is 11.3 Å². The third-order valence-electron chi connectivity index (χ3n) is 5.61. The summed E-state index contributed by atoms with van der Waals surface area (Å²) in [5, 5.41) is 11.2. The summed E-state index contributed by atoms with van der Waals surface area (Å²) in [6.07, 6.45) is 5.52. The summed E-state index contributed by atoms with van der Waals surface area (Å²) >= 11 is 0. The third kappa shape index (κ3) is 5.02. The lowest BCUT2D eigenvalue weighted by Crippen LogP contribution is -2.26. The van der Waals surface area contributed by atoms with Crippen LogP contribution >= 0.6 is 0 Å². The minimum atomic E-state index is -0.357. The Kier molecular flexibility index (Phi) is 7.12. The lowest BCUT2D eigenvalue weighted by atomic mass is 10.1. The summed E-state index contributed by atoms with van der Waals surface area (Å²) < 4.78 is 1.57. The van der Waals surface area contributed by atoms with Gasteiger partial charge in [0.2, 0.25) is 0 Å². The van der Waals surface area contributed by atoms with E-state index in [2.05, 4.69) is 11.6 Å². The molecular formula is C28H26N6O. The van der Waals surface area contributed by atoms with Crippen molar-refractivity contribution in [3.8, 4) is 6.07 Å². The number of nitrogens with zero attached hydrogens (tertiary/aromatic N) is 6. The van der Waals surface area contributed by atoms with Crippen molar-refractivity contribution in [2.45, 2.75) is 13.5 Å². The zero-order valence-corrected chi connectivity index (χ0v) is 19.8. The van der Waals surface area contributed by atoms with Gasteiger partial charge in [-0.15, -0.1) is 0 Å². The maximum Gasteiger partial charge on any atom is 0.269 e. The van der Waals surface area contributed by atoms with Crippen molar-refractivity contribution in [1.82, 2.24) is 14.5 Å². The van der Waals surface area contributed by atoms with E-state index >= 15 is 0 Å². The highest BCUT2D eigenvalue weighted by atomic mass is 16.1. The van der Waals surface area contributed by atoms with E-state index in [0.717, 1.165) is 33.2 Å². The van der Waals surface area contributed by atoms with Crippen LogP contribution in [0.5, 0.6) is 0 Å². The summed E-state index contributed by atoms with van der Waals surface area (Å²) in [5.74, 6) is 1.24. The van der Waals surface area contributed by atoms with Crippen LogP contribution in [0.15, 0.2) is 88.7 Å². The summed E-state index contributed by atoms with van der Waals surface area (Å²) in [6.45, 7) is 7.21. The van der Waals surface area contributed by atoms with Gasteiger partial charge >= 0.3 is 0 Å². The molecule has 4 aromatic rings. The Morgan fingerprint density at radius 3 is 2.74 bits per heavy atom. The van der Waals surface area contributed by atoms with Crippen molar-refractivity contribution in [3.05, 3.63) is 101 Å². The second-order valence-corrected chi connectivity index (χ2v) is 8.06. The van der Waals surface area contributed by atoms with E-state index in [1.165, 1.54) is 0 Å². The van der Waals surface area contributed by atoms with Crippen molar-refractivity contribution in [2.75, 3.05) is 25.0 Å². The molecule has 0 aliphatic carbocycles. The number of para-hydroxylation sites is 2. The lowest BCUT2D eigenvalue weighted by molar-refractivity contribution is 0.742. The molecule has 0 amide bonds. The number of likely N-dealkylation sites (N-methyl/N-ethyl adjacent to an activating group) is 1. The first-order valence-electron chi connectivity index (χ1n) is 11.4. The molecule has 2 aromatic heterocycles. The van der Waals surface area contributed by atoms with Crippen LogP contribution in [-0.4, -0.2) is 40.9 Å². The van der Waals surface area contributed by atoms with Crippen LogP contribution in [0.4, 0.5) is 5.82 Å². The van der Waals surface area contributed by atoms with E-state index in [-0.39, 0.29) is 17.7 Å². The van der Waals surface area contributed by atoms with Crippen LogP contribution in [0.2, 0.25) is 0 Å². The zero-order valence-electron chi connectivity index (χ0n) is 19.8. The summed E-state index contributed by atoms with van der Waals surface area (Å²) in [7, 11) is 1.97. The molecule has 4 rings (SSSR count). The van der Waals surface area contributed by atoms with E-state index in [4.69, 9.17) is 9.97 Å². The maximum absolute atomic E-state index is 13.1. The molecule has 2 heterocycles. The van der Waals surface area contributed by atoms with Crippen molar-refractivity contribution in [2.24, 2.45) is 4.99 Å². The van der Waals surface area contributed by atoms with Gasteiger partial charge in [-0.2, -0.15) is 5.26 Å². The van der Waals surface area contributed by atoms with Crippen LogP contribution in [0.3, 0.4) is 0 Å².